The summed E-state index contributed by atoms with van der Waals surface area (Å²) in [6.45, 7) is 0.646. The number of rotatable bonds is 19. The smallest absolute Gasteiger partial charge is 0.408 e. The Balaban J connectivity index is 0.907. The lowest BCUT2D eigenvalue weighted by atomic mass is 9.73. The number of alkyl carbamates (subject to hydrolysis) is 1. The molecule has 4 aliphatic heterocycles. The second-order valence-electron chi connectivity index (χ2n) is 18.7. The van der Waals surface area contributed by atoms with Crippen molar-refractivity contribution in [2.75, 3.05) is 39.3 Å². The highest BCUT2D eigenvalue weighted by Crippen LogP contribution is 2.47. The Labute approximate surface area is 414 Å². The average molecular weight is 1000 g/mol. The molecule has 1 aliphatic carbocycles. The fraction of sp³-hybridized carbons (Fsp3) is 0.396. The third-order valence-corrected chi connectivity index (χ3v) is 14.9. The number of likely N-dealkylation sites (tertiary alicyclic amines) is 1. The van der Waals surface area contributed by atoms with Crippen LogP contribution in [0.5, 0.6) is 17.2 Å². The monoisotopic (exact) mass is 998 g/mol. The number of piperidine rings is 3. The summed E-state index contributed by atoms with van der Waals surface area (Å²) in [5, 5.41) is 27.1. The number of ether oxygens (including phenoxy) is 4. The van der Waals surface area contributed by atoms with E-state index in [1.165, 1.54) is 18.5 Å². The van der Waals surface area contributed by atoms with Crippen LogP contribution in [-0.4, -0.2) is 90.6 Å². The van der Waals surface area contributed by atoms with Gasteiger partial charge in [0.05, 0.1) is 29.7 Å². The van der Waals surface area contributed by atoms with E-state index in [4.69, 9.17) is 42.1 Å². The van der Waals surface area contributed by atoms with Crippen LogP contribution in [0.2, 0.25) is 10.0 Å². The Morgan fingerprint density at radius 2 is 1.59 bits per heavy atom. The highest BCUT2D eigenvalue weighted by molar-refractivity contribution is 6.35. The summed E-state index contributed by atoms with van der Waals surface area (Å²) in [6, 6.07) is 27.2. The van der Waals surface area contributed by atoms with Crippen molar-refractivity contribution in [1.29, 1.82) is 0 Å². The van der Waals surface area contributed by atoms with Gasteiger partial charge in [-0.15, -0.1) is 0 Å². The second-order valence-corrected chi connectivity index (χ2v) is 19.5. The number of hydrogen-bond donors (Lipinski definition) is 2. The fourth-order valence-corrected chi connectivity index (χ4v) is 11.0. The van der Waals surface area contributed by atoms with E-state index in [1.54, 1.807) is 42.5 Å². The number of hydrogen-bond acceptors (Lipinski definition) is 11. The van der Waals surface area contributed by atoms with E-state index in [-0.39, 0.29) is 65.1 Å². The number of carboxylic acid groups (broad SMARTS) is 1. The number of carbonyl (C=O) groups excluding carboxylic acids is 3. The average Bonchev–Trinajstić information content (AvgIpc) is 4.09. The van der Waals surface area contributed by atoms with E-state index in [0.717, 1.165) is 56.4 Å². The van der Waals surface area contributed by atoms with Crippen molar-refractivity contribution < 1.29 is 57.2 Å². The molecule has 0 spiro atoms. The molecular formula is C53H54Cl2F2N4O9. The molecule has 4 aromatic carbocycles. The van der Waals surface area contributed by atoms with E-state index in [1.807, 2.05) is 53.4 Å². The third kappa shape index (κ3) is 11.3. The third-order valence-electron chi connectivity index (χ3n) is 14.2. The summed E-state index contributed by atoms with van der Waals surface area (Å²) >= 11 is 13.3. The molecule has 2 N–H and O–H groups in total. The van der Waals surface area contributed by atoms with Gasteiger partial charge in [-0.05, 0) is 141 Å². The van der Waals surface area contributed by atoms with Gasteiger partial charge in [0, 0.05) is 29.3 Å². The van der Waals surface area contributed by atoms with Gasteiger partial charge in [-0.3, -0.25) is 15.0 Å². The first-order valence-corrected chi connectivity index (χ1v) is 24.5. The van der Waals surface area contributed by atoms with Gasteiger partial charge in [0.2, 0.25) is 12.4 Å². The summed E-state index contributed by atoms with van der Waals surface area (Å²) in [5.74, 6) is -2.01. The number of benzene rings is 4. The molecule has 368 valence electrons. The van der Waals surface area contributed by atoms with Gasteiger partial charge in [0.1, 0.15) is 21.9 Å². The molecule has 1 aromatic heterocycles. The predicted octanol–water partition coefficient (Wildman–Crippen LogP) is 8.19. The Hall–Kier alpha value is -6.00. The van der Waals surface area contributed by atoms with E-state index in [0.29, 0.717) is 52.5 Å². The summed E-state index contributed by atoms with van der Waals surface area (Å²) in [4.78, 5) is 44.9. The van der Waals surface area contributed by atoms with Gasteiger partial charge in [-0.25, -0.2) is 9.59 Å². The summed E-state index contributed by atoms with van der Waals surface area (Å²) in [7, 11) is 0. The molecule has 4 saturated heterocycles. The number of nitrogens with one attached hydrogen (secondary N) is 1. The zero-order valence-electron chi connectivity index (χ0n) is 38.3. The predicted molar refractivity (Wildman–Crippen MR) is 253 cm³/mol. The lowest BCUT2D eigenvalue weighted by Gasteiger charge is -2.46. The van der Waals surface area contributed by atoms with E-state index in [9.17, 15) is 33.5 Å². The van der Waals surface area contributed by atoms with Gasteiger partial charge in [0.25, 0.3) is 0 Å². The Kier molecular flexibility index (Phi) is 15.1. The molecule has 2 bridgehead atoms. The molecule has 5 aliphatic rings. The number of amides is 1. The van der Waals surface area contributed by atoms with Crippen LogP contribution < -0.4 is 29.4 Å². The minimum Gasteiger partial charge on any atom is -0.548 e. The second kappa shape index (κ2) is 21.6. The first kappa shape index (κ1) is 49.0. The molecule has 1 amide bonds. The Morgan fingerprint density at radius 1 is 0.857 bits per heavy atom. The first-order valence-electron chi connectivity index (χ1n) is 23.7. The van der Waals surface area contributed by atoms with Crippen molar-refractivity contribution in [3.05, 3.63) is 153 Å². The molecule has 5 fully saturated rings. The maximum absolute atomic E-state index is 13.7. The zero-order valence-corrected chi connectivity index (χ0v) is 39.8. The number of aliphatic carboxylic acids is 1. The van der Waals surface area contributed by atoms with Crippen LogP contribution in [0.1, 0.15) is 88.7 Å². The van der Waals surface area contributed by atoms with Crippen molar-refractivity contribution in [3.8, 4) is 17.2 Å². The van der Waals surface area contributed by atoms with E-state index in [2.05, 4.69) is 10.2 Å². The van der Waals surface area contributed by atoms with Gasteiger partial charge in [-0.2, -0.15) is 8.78 Å². The number of aromatic nitrogens is 1. The quantitative estimate of drug-likeness (QED) is 0.0357. The molecule has 0 unspecified atom stereocenters. The maximum atomic E-state index is 13.7. The SMILES string of the molecule is O=C(N[C@@H](c1ccccc1)c1cccc(C(=O)Oc2ccc(CCN3CCC[C@@]3(C(=O)[O-])[C@@H](Cc3c(Cl)c[n+](O)cc3Cl)c3ccc(OC(F)F)c(OCC4CC4)c3)cc2)c1)O[C@H]1CN2CCC1CC2. The summed E-state index contributed by atoms with van der Waals surface area (Å²) in [5.41, 5.74) is 1.83. The van der Waals surface area contributed by atoms with Crippen molar-refractivity contribution in [1.82, 2.24) is 15.1 Å². The van der Waals surface area contributed by atoms with Gasteiger partial charge < -0.3 is 34.2 Å². The van der Waals surface area contributed by atoms with Crippen molar-refractivity contribution in [2.45, 2.75) is 81.6 Å². The minimum atomic E-state index is -3.12. The van der Waals surface area contributed by atoms with Crippen LogP contribution in [0.25, 0.3) is 0 Å². The molecule has 17 heteroatoms. The Bertz CT molecular complexity index is 2650. The molecule has 0 radical (unpaired) electrons. The minimum absolute atomic E-state index is 0.0151. The molecule has 5 heterocycles. The zero-order chi connectivity index (χ0) is 48.9. The number of fused-ring (bicyclic) bond motifs is 3. The molecule has 10 rings (SSSR count). The maximum Gasteiger partial charge on any atom is 0.408 e. The largest absolute Gasteiger partial charge is 0.548 e. The van der Waals surface area contributed by atoms with Crippen molar-refractivity contribution >= 4 is 41.2 Å². The Morgan fingerprint density at radius 3 is 2.26 bits per heavy atom. The molecule has 1 saturated carbocycles. The first-order chi connectivity index (χ1) is 33.8. The van der Waals surface area contributed by atoms with Crippen LogP contribution in [0.15, 0.2) is 109 Å². The van der Waals surface area contributed by atoms with Crippen LogP contribution in [0.4, 0.5) is 13.6 Å². The number of alkyl halides is 2. The summed E-state index contributed by atoms with van der Waals surface area (Å²) < 4.78 is 50.4. The molecule has 4 atom stereocenters. The molecule has 70 heavy (non-hydrogen) atoms. The molecule has 13 nitrogen and oxygen atoms in total. The number of carboxylic acids is 1. The highest BCUT2D eigenvalue weighted by Gasteiger charge is 2.49. The van der Waals surface area contributed by atoms with E-state index < -0.39 is 42.1 Å². The number of esters is 1. The molecule has 5 aromatic rings. The topological polar surface area (TPSA) is 154 Å². The normalized spacial score (nSPS) is 21.8. The molecular weight excluding hydrogens is 946 g/mol. The van der Waals surface area contributed by atoms with Gasteiger partial charge >= 0.3 is 18.7 Å². The van der Waals surface area contributed by atoms with Crippen LogP contribution in [0, 0.1) is 11.8 Å². The van der Waals surface area contributed by atoms with Crippen molar-refractivity contribution in [3.63, 3.8) is 0 Å². The van der Waals surface area contributed by atoms with Crippen LogP contribution >= 0.6 is 23.2 Å². The summed E-state index contributed by atoms with van der Waals surface area (Å²) in [6.07, 6.45) is 6.82. The number of carbonyl (C=O) groups is 3. The number of nitrogens with zero attached hydrogens (tertiary/aromatic N) is 3. The van der Waals surface area contributed by atoms with Gasteiger partial charge in [0.15, 0.2) is 11.5 Å². The lowest BCUT2D eigenvalue weighted by molar-refractivity contribution is -0.904. The van der Waals surface area contributed by atoms with Crippen LogP contribution in [0.3, 0.4) is 0 Å². The van der Waals surface area contributed by atoms with Crippen LogP contribution in [-0.2, 0) is 22.4 Å². The fourth-order valence-electron chi connectivity index (χ4n) is 10.4. The standard InChI is InChI=1S/C53H54Cl2F2N4O9/c54-43-29-61(66)30-44(55)41(43)28-42(37-14-17-45(69-51(56)57)46(27-37)67-32-34-10-11-34)53(50(63)64)21-5-22-60(53)25-18-33-12-15-40(16-13-33)68-49(62)39-9-4-8-38(26-39)48(36-6-2-1-3-7-36)58-52(65)70-47-31-59-23-19-35(47)20-24-59/h1-4,6-9,12-17,26-27,29-30,34-35,42,47-48,51H,5,10-11,18-25,28,31-32H2,(H2-,58,63,64,65,66)/t42-,47-,48-,53-/m0/s1. The number of halogens is 4. The van der Waals surface area contributed by atoms with Crippen molar-refractivity contribution in [2.24, 2.45) is 11.8 Å². The lowest BCUT2D eigenvalue weighted by Crippen LogP contribution is -2.61. The highest BCUT2D eigenvalue weighted by atomic mass is 35.5. The van der Waals surface area contributed by atoms with E-state index >= 15 is 0 Å². The van der Waals surface area contributed by atoms with Gasteiger partial charge in [-0.1, -0.05) is 83.9 Å². The number of pyridine rings is 1.